The molecule has 2 heterocycles. The molecule has 0 spiro atoms. The predicted octanol–water partition coefficient (Wildman–Crippen LogP) is 1.35. The molecule has 25 heavy (non-hydrogen) atoms. The van der Waals surface area contributed by atoms with Gasteiger partial charge < -0.3 is 5.32 Å². The number of para-hydroxylation sites is 1. The van der Waals surface area contributed by atoms with Gasteiger partial charge in [-0.15, -0.1) is 0 Å². The molecular formula is C17H21N3O4S. The fourth-order valence-corrected chi connectivity index (χ4v) is 4.83. The van der Waals surface area contributed by atoms with E-state index in [4.69, 9.17) is 0 Å². The summed E-state index contributed by atoms with van der Waals surface area (Å²) in [5.41, 5.74) is 2.00. The summed E-state index contributed by atoms with van der Waals surface area (Å²) in [5, 5.41) is 8.24. The quantitative estimate of drug-likeness (QED) is 0.873. The van der Waals surface area contributed by atoms with Gasteiger partial charge in [-0.2, -0.15) is 5.10 Å². The van der Waals surface area contributed by atoms with Crippen molar-refractivity contribution < 1.29 is 18.0 Å². The molecule has 1 aromatic rings. The lowest BCUT2D eigenvalue weighted by Gasteiger charge is -2.27. The zero-order valence-electron chi connectivity index (χ0n) is 14.1. The standard InChI is InChI=1S/C17H21N3O4S/c1-2-12-5-3-4-6-14(12)18-17(22)15-7-8-16(21)20(19-15)13-9-10-25(23,24)11-13/h3-6,13H,2,7-11H2,1H3,(H,18,22)/t13-/m0/s1. The molecule has 7 nitrogen and oxygen atoms in total. The topological polar surface area (TPSA) is 95.9 Å². The Balaban J connectivity index is 1.78. The molecule has 2 aliphatic rings. The van der Waals surface area contributed by atoms with Crippen LogP contribution in [0.4, 0.5) is 5.69 Å². The Morgan fingerprint density at radius 2 is 2.08 bits per heavy atom. The Labute approximate surface area is 147 Å². The van der Waals surface area contributed by atoms with Gasteiger partial charge in [0.1, 0.15) is 5.71 Å². The predicted molar refractivity (Wildman–Crippen MR) is 95.0 cm³/mol. The van der Waals surface area contributed by atoms with Crippen LogP contribution in [-0.4, -0.2) is 48.5 Å². The van der Waals surface area contributed by atoms with Gasteiger partial charge >= 0.3 is 0 Å². The molecule has 134 valence electrons. The highest BCUT2D eigenvalue weighted by Gasteiger charge is 2.37. The summed E-state index contributed by atoms with van der Waals surface area (Å²) in [6, 6.07) is 7.05. The van der Waals surface area contributed by atoms with Crippen LogP contribution in [0.15, 0.2) is 29.4 Å². The normalized spacial score (nSPS) is 22.6. The van der Waals surface area contributed by atoms with Crippen LogP contribution in [0.25, 0.3) is 0 Å². The van der Waals surface area contributed by atoms with E-state index >= 15 is 0 Å². The van der Waals surface area contributed by atoms with E-state index in [1.54, 1.807) is 0 Å². The number of nitrogens with zero attached hydrogens (tertiary/aromatic N) is 2. The molecule has 0 bridgehead atoms. The van der Waals surface area contributed by atoms with Crippen LogP contribution >= 0.6 is 0 Å². The number of amides is 2. The highest BCUT2D eigenvalue weighted by Crippen LogP contribution is 2.23. The maximum Gasteiger partial charge on any atom is 0.271 e. The molecule has 0 radical (unpaired) electrons. The van der Waals surface area contributed by atoms with Crippen molar-refractivity contribution in [2.75, 3.05) is 16.8 Å². The smallest absolute Gasteiger partial charge is 0.271 e. The summed E-state index contributed by atoms with van der Waals surface area (Å²) in [6.45, 7) is 2.00. The first-order valence-electron chi connectivity index (χ1n) is 8.39. The summed E-state index contributed by atoms with van der Waals surface area (Å²) >= 11 is 0. The molecule has 0 saturated carbocycles. The number of hydrazone groups is 1. The van der Waals surface area contributed by atoms with Crippen molar-refractivity contribution in [3.63, 3.8) is 0 Å². The molecule has 2 aliphatic heterocycles. The molecule has 8 heteroatoms. The van der Waals surface area contributed by atoms with Crippen molar-refractivity contribution in [2.24, 2.45) is 5.10 Å². The molecule has 2 amide bonds. The van der Waals surface area contributed by atoms with Crippen LogP contribution in [-0.2, 0) is 25.8 Å². The van der Waals surface area contributed by atoms with Crippen LogP contribution in [0.5, 0.6) is 0 Å². The maximum absolute atomic E-state index is 12.5. The zero-order chi connectivity index (χ0) is 18.0. The van der Waals surface area contributed by atoms with Gasteiger partial charge in [-0.1, -0.05) is 25.1 Å². The third-order valence-corrected chi connectivity index (χ3v) is 6.27. The Morgan fingerprint density at radius 1 is 1.32 bits per heavy atom. The molecule has 3 rings (SSSR count). The summed E-state index contributed by atoms with van der Waals surface area (Å²) in [5.74, 6) is -0.607. The fourth-order valence-electron chi connectivity index (χ4n) is 3.13. The van der Waals surface area contributed by atoms with Gasteiger partial charge in [-0.3, -0.25) is 9.59 Å². The van der Waals surface area contributed by atoms with Crippen molar-refractivity contribution >= 4 is 33.1 Å². The Hall–Kier alpha value is -2.22. The summed E-state index contributed by atoms with van der Waals surface area (Å²) in [6.07, 6.45) is 1.58. The minimum atomic E-state index is -3.13. The van der Waals surface area contributed by atoms with Gasteiger partial charge in [0.05, 0.1) is 17.5 Å². The number of hydrogen-bond acceptors (Lipinski definition) is 5. The van der Waals surface area contributed by atoms with E-state index in [0.717, 1.165) is 17.7 Å². The highest BCUT2D eigenvalue weighted by atomic mass is 32.2. The summed E-state index contributed by atoms with van der Waals surface area (Å²) in [7, 11) is -3.13. The van der Waals surface area contributed by atoms with Crippen molar-refractivity contribution in [1.82, 2.24) is 5.01 Å². The first-order valence-corrected chi connectivity index (χ1v) is 10.2. The van der Waals surface area contributed by atoms with Crippen molar-refractivity contribution in [2.45, 2.75) is 38.6 Å². The number of hydrogen-bond donors (Lipinski definition) is 1. The monoisotopic (exact) mass is 363 g/mol. The second-order valence-electron chi connectivity index (χ2n) is 6.31. The van der Waals surface area contributed by atoms with Crippen molar-refractivity contribution in [3.8, 4) is 0 Å². The number of aryl methyl sites for hydroxylation is 1. The molecule has 0 unspecified atom stereocenters. The average molecular weight is 363 g/mol. The number of benzene rings is 1. The van der Waals surface area contributed by atoms with E-state index < -0.39 is 15.9 Å². The molecule has 0 aromatic heterocycles. The molecular weight excluding hydrogens is 342 g/mol. The van der Waals surface area contributed by atoms with Crippen LogP contribution in [0.3, 0.4) is 0 Å². The largest absolute Gasteiger partial charge is 0.321 e. The first-order chi connectivity index (χ1) is 11.9. The lowest BCUT2D eigenvalue weighted by atomic mass is 10.1. The van der Waals surface area contributed by atoms with E-state index in [9.17, 15) is 18.0 Å². The third kappa shape index (κ3) is 3.89. The SMILES string of the molecule is CCc1ccccc1NC(=O)C1=NN([C@H]2CCS(=O)(=O)C2)C(=O)CC1. The molecule has 1 N–H and O–H groups in total. The van der Waals surface area contributed by atoms with Gasteiger partial charge in [0, 0.05) is 18.5 Å². The number of sulfone groups is 1. The van der Waals surface area contributed by atoms with E-state index in [1.165, 1.54) is 5.01 Å². The van der Waals surface area contributed by atoms with E-state index in [1.807, 2.05) is 31.2 Å². The van der Waals surface area contributed by atoms with Gasteiger partial charge in [0.2, 0.25) is 5.91 Å². The Kier molecular flexibility index (Phi) is 4.89. The van der Waals surface area contributed by atoms with Gasteiger partial charge in [-0.05, 0) is 24.5 Å². The Morgan fingerprint density at radius 3 is 2.76 bits per heavy atom. The minimum Gasteiger partial charge on any atom is -0.321 e. The van der Waals surface area contributed by atoms with E-state index in [-0.39, 0.29) is 41.9 Å². The van der Waals surface area contributed by atoms with Crippen LogP contribution in [0, 0.1) is 0 Å². The number of anilines is 1. The Bertz CT molecular complexity index is 832. The maximum atomic E-state index is 12.5. The molecule has 1 atom stereocenters. The van der Waals surface area contributed by atoms with Gasteiger partial charge in [0.15, 0.2) is 9.84 Å². The van der Waals surface area contributed by atoms with E-state index in [0.29, 0.717) is 6.42 Å². The highest BCUT2D eigenvalue weighted by molar-refractivity contribution is 7.91. The zero-order valence-corrected chi connectivity index (χ0v) is 14.9. The number of carbonyl (C=O) groups is 2. The summed E-state index contributed by atoms with van der Waals surface area (Å²) in [4.78, 5) is 24.6. The molecule has 1 fully saturated rings. The number of nitrogens with one attached hydrogen (secondary N) is 1. The third-order valence-electron chi connectivity index (χ3n) is 4.52. The fraction of sp³-hybridized carbons (Fsp3) is 0.471. The lowest BCUT2D eigenvalue weighted by molar-refractivity contribution is -0.133. The second kappa shape index (κ2) is 6.95. The summed E-state index contributed by atoms with van der Waals surface area (Å²) < 4.78 is 23.3. The number of rotatable bonds is 4. The van der Waals surface area contributed by atoms with Crippen molar-refractivity contribution in [3.05, 3.63) is 29.8 Å². The van der Waals surface area contributed by atoms with Crippen LogP contribution in [0.1, 0.15) is 31.7 Å². The van der Waals surface area contributed by atoms with Crippen LogP contribution in [0.2, 0.25) is 0 Å². The van der Waals surface area contributed by atoms with Crippen LogP contribution < -0.4 is 5.32 Å². The average Bonchev–Trinajstić information content (AvgIpc) is 2.95. The molecule has 1 saturated heterocycles. The minimum absolute atomic E-state index is 0.0579. The van der Waals surface area contributed by atoms with Gasteiger partial charge in [0.25, 0.3) is 5.91 Å². The van der Waals surface area contributed by atoms with Gasteiger partial charge in [-0.25, -0.2) is 13.4 Å². The van der Waals surface area contributed by atoms with E-state index in [2.05, 4.69) is 10.4 Å². The molecule has 1 aromatic carbocycles. The molecule has 0 aliphatic carbocycles. The lowest BCUT2D eigenvalue weighted by Crippen LogP contribution is -2.42. The number of carbonyl (C=O) groups excluding carboxylic acids is 2. The second-order valence-corrected chi connectivity index (χ2v) is 8.54. The first kappa shape index (κ1) is 17.6. The van der Waals surface area contributed by atoms with Crippen molar-refractivity contribution in [1.29, 1.82) is 0 Å².